The van der Waals surface area contributed by atoms with E-state index in [-0.39, 0.29) is 6.04 Å². The molecule has 1 fully saturated rings. The molecule has 0 aliphatic heterocycles. The quantitative estimate of drug-likeness (QED) is 0.851. The molecule has 0 spiro atoms. The molecule has 20 heavy (non-hydrogen) atoms. The maximum absolute atomic E-state index is 6.15. The van der Waals surface area contributed by atoms with Crippen molar-refractivity contribution in [3.63, 3.8) is 0 Å². The summed E-state index contributed by atoms with van der Waals surface area (Å²) >= 11 is 3.55. The van der Waals surface area contributed by atoms with Crippen molar-refractivity contribution in [3.05, 3.63) is 28.2 Å². The predicted molar refractivity (Wildman–Crippen MR) is 91.2 cm³/mol. The van der Waals surface area contributed by atoms with E-state index in [0.717, 1.165) is 4.47 Å². The lowest BCUT2D eigenvalue weighted by atomic mass is 9.75. The Bertz CT molecular complexity index is 458. The second-order valence-corrected chi connectivity index (χ2v) is 7.91. The number of benzene rings is 1. The minimum absolute atomic E-state index is 0.0602. The molecule has 1 aliphatic rings. The summed E-state index contributed by atoms with van der Waals surface area (Å²) < 4.78 is 1.10. The second-order valence-electron chi connectivity index (χ2n) is 7.00. The first-order valence-corrected chi connectivity index (χ1v) is 8.37. The van der Waals surface area contributed by atoms with E-state index in [9.17, 15) is 0 Å². The summed E-state index contributed by atoms with van der Waals surface area (Å²) in [6, 6.07) is 7.17. The minimum Gasteiger partial charge on any atom is -0.371 e. The minimum atomic E-state index is 0.0602. The molecule has 112 valence electrons. The van der Waals surface area contributed by atoms with Gasteiger partial charge in [-0.2, -0.15) is 0 Å². The van der Waals surface area contributed by atoms with Crippen LogP contribution in [0.1, 0.15) is 58.1 Å². The van der Waals surface area contributed by atoms with Crippen LogP contribution in [0.5, 0.6) is 0 Å². The zero-order valence-electron chi connectivity index (χ0n) is 13.1. The molecule has 0 amide bonds. The molecule has 1 unspecified atom stereocenters. The summed E-state index contributed by atoms with van der Waals surface area (Å²) in [5.74, 6) is 0. The van der Waals surface area contributed by atoms with Gasteiger partial charge >= 0.3 is 0 Å². The van der Waals surface area contributed by atoms with Crippen LogP contribution < -0.4 is 10.6 Å². The van der Waals surface area contributed by atoms with Crippen LogP contribution in [0.3, 0.4) is 0 Å². The van der Waals surface area contributed by atoms with Crippen LogP contribution >= 0.6 is 15.9 Å². The highest BCUT2D eigenvalue weighted by Gasteiger charge is 2.29. The average molecular weight is 339 g/mol. The Hall–Kier alpha value is -0.540. The topological polar surface area (TPSA) is 29.3 Å². The Labute approximate surface area is 131 Å². The molecule has 2 N–H and O–H groups in total. The summed E-state index contributed by atoms with van der Waals surface area (Å²) in [6.45, 7) is 6.83. The van der Waals surface area contributed by atoms with E-state index in [2.05, 4.69) is 66.8 Å². The molecule has 0 saturated heterocycles. The van der Waals surface area contributed by atoms with Gasteiger partial charge in [0.25, 0.3) is 0 Å². The van der Waals surface area contributed by atoms with E-state index >= 15 is 0 Å². The van der Waals surface area contributed by atoms with Crippen molar-refractivity contribution in [3.8, 4) is 0 Å². The first-order chi connectivity index (χ1) is 9.30. The standard InChI is InChI=1S/C17H27BrN2/c1-12(19)15-11-13(18)5-6-16(15)20(4)14-7-9-17(2,3)10-8-14/h5-6,11-12,14H,7-10,19H2,1-4H3. The lowest BCUT2D eigenvalue weighted by molar-refractivity contribution is 0.222. The van der Waals surface area contributed by atoms with E-state index in [4.69, 9.17) is 5.73 Å². The van der Waals surface area contributed by atoms with Crippen LogP contribution in [0, 0.1) is 5.41 Å². The fraction of sp³-hybridized carbons (Fsp3) is 0.647. The zero-order chi connectivity index (χ0) is 14.9. The second kappa shape index (κ2) is 6.07. The highest BCUT2D eigenvalue weighted by atomic mass is 79.9. The van der Waals surface area contributed by atoms with Gasteiger partial charge in [-0.1, -0.05) is 29.8 Å². The van der Waals surface area contributed by atoms with Crippen molar-refractivity contribution >= 4 is 21.6 Å². The first-order valence-electron chi connectivity index (χ1n) is 7.58. The molecule has 2 rings (SSSR count). The van der Waals surface area contributed by atoms with Gasteiger partial charge in [-0.25, -0.2) is 0 Å². The Balaban J connectivity index is 2.19. The molecule has 0 heterocycles. The van der Waals surface area contributed by atoms with Gasteiger partial charge in [-0.15, -0.1) is 0 Å². The summed E-state index contributed by atoms with van der Waals surface area (Å²) in [5, 5.41) is 0. The molecule has 3 heteroatoms. The molecule has 1 saturated carbocycles. The summed E-state index contributed by atoms with van der Waals surface area (Å²) in [4.78, 5) is 2.44. The van der Waals surface area contributed by atoms with Crippen molar-refractivity contribution in [1.82, 2.24) is 0 Å². The van der Waals surface area contributed by atoms with Gasteiger partial charge < -0.3 is 10.6 Å². The van der Waals surface area contributed by atoms with Crippen molar-refractivity contribution in [1.29, 1.82) is 0 Å². The molecule has 0 bridgehead atoms. The highest BCUT2D eigenvalue weighted by molar-refractivity contribution is 9.10. The largest absolute Gasteiger partial charge is 0.371 e. The number of anilines is 1. The van der Waals surface area contributed by atoms with Crippen molar-refractivity contribution in [2.75, 3.05) is 11.9 Å². The molecule has 1 atom stereocenters. The zero-order valence-corrected chi connectivity index (χ0v) is 14.7. The lowest BCUT2D eigenvalue weighted by Gasteiger charge is -2.40. The smallest absolute Gasteiger partial charge is 0.0415 e. The Morgan fingerprint density at radius 2 is 1.90 bits per heavy atom. The molecular weight excluding hydrogens is 312 g/mol. The number of halogens is 1. The molecule has 1 aromatic carbocycles. The van der Waals surface area contributed by atoms with Gasteiger partial charge in [0.15, 0.2) is 0 Å². The molecule has 0 aromatic heterocycles. The first kappa shape index (κ1) is 15.8. The van der Waals surface area contributed by atoms with Crippen molar-refractivity contribution < 1.29 is 0 Å². The van der Waals surface area contributed by atoms with E-state index in [1.807, 2.05) is 0 Å². The van der Waals surface area contributed by atoms with Crippen LogP contribution in [-0.2, 0) is 0 Å². The third-order valence-corrected chi connectivity index (χ3v) is 5.21. The number of rotatable bonds is 3. The molecule has 1 aromatic rings. The Morgan fingerprint density at radius 1 is 1.30 bits per heavy atom. The van der Waals surface area contributed by atoms with Crippen LogP contribution in [0.4, 0.5) is 5.69 Å². The maximum atomic E-state index is 6.15. The van der Waals surface area contributed by atoms with Crippen molar-refractivity contribution in [2.24, 2.45) is 11.1 Å². The number of hydrogen-bond donors (Lipinski definition) is 1. The summed E-state index contributed by atoms with van der Waals surface area (Å²) in [5.41, 5.74) is 9.17. The van der Waals surface area contributed by atoms with Gasteiger partial charge in [-0.05, 0) is 61.8 Å². The van der Waals surface area contributed by atoms with E-state index in [1.165, 1.54) is 36.9 Å². The van der Waals surface area contributed by atoms with Crippen LogP contribution in [-0.4, -0.2) is 13.1 Å². The van der Waals surface area contributed by atoms with Crippen LogP contribution in [0.2, 0.25) is 0 Å². The van der Waals surface area contributed by atoms with Crippen LogP contribution in [0.15, 0.2) is 22.7 Å². The van der Waals surface area contributed by atoms with E-state index < -0.39 is 0 Å². The lowest BCUT2D eigenvalue weighted by Crippen LogP contribution is -2.38. The Morgan fingerprint density at radius 3 is 2.45 bits per heavy atom. The third-order valence-electron chi connectivity index (χ3n) is 4.72. The summed E-state index contributed by atoms with van der Waals surface area (Å²) in [6.07, 6.45) is 5.17. The van der Waals surface area contributed by atoms with Gasteiger partial charge in [0.1, 0.15) is 0 Å². The van der Waals surface area contributed by atoms with Crippen molar-refractivity contribution in [2.45, 2.75) is 58.5 Å². The number of nitrogens with two attached hydrogens (primary N) is 1. The molecule has 2 nitrogen and oxygen atoms in total. The molecular formula is C17H27BrN2. The van der Waals surface area contributed by atoms with Gasteiger partial charge in [0, 0.05) is 29.3 Å². The number of nitrogens with zero attached hydrogens (tertiary/aromatic N) is 1. The number of hydrogen-bond acceptors (Lipinski definition) is 2. The summed E-state index contributed by atoms with van der Waals surface area (Å²) in [7, 11) is 2.22. The fourth-order valence-corrected chi connectivity index (χ4v) is 3.56. The van der Waals surface area contributed by atoms with Gasteiger partial charge in [0.05, 0.1) is 0 Å². The van der Waals surface area contributed by atoms with E-state index in [0.29, 0.717) is 11.5 Å². The molecule has 0 radical (unpaired) electrons. The molecule has 1 aliphatic carbocycles. The third kappa shape index (κ3) is 3.56. The monoisotopic (exact) mass is 338 g/mol. The van der Waals surface area contributed by atoms with Gasteiger partial charge in [-0.3, -0.25) is 0 Å². The average Bonchev–Trinajstić information content (AvgIpc) is 2.37. The fourth-order valence-electron chi connectivity index (χ4n) is 3.18. The maximum Gasteiger partial charge on any atom is 0.0415 e. The van der Waals surface area contributed by atoms with E-state index in [1.54, 1.807) is 0 Å². The van der Waals surface area contributed by atoms with Gasteiger partial charge in [0.2, 0.25) is 0 Å². The Kier molecular flexibility index (Phi) is 4.80. The normalized spacial score (nSPS) is 20.7. The SMILES string of the molecule is CC(N)c1cc(Br)ccc1N(C)C1CCC(C)(C)CC1. The van der Waals surface area contributed by atoms with Crippen LogP contribution in [0.25, 0.3) is 0 Å². The highest BCUT2D eigenvalue weighted by Crippen LogP contribution is 2.39. The predicted octanol–water partition coefficient (Wildman–Crippen LogP) is 4.87.